The van der Waals surface area contributed by atoms with Gasteiger partial charge in [0.2, 0.25) is 0 Å². The number of hydrogen-bond donors (Lipinski definition) is 2. The van der Waals surface area contributed by atoms with E-state index in [0.717, 1.165) is 27.1 Å². The Labute approximate surface area is 114 Å². The number of hydrogen-bond acceptors (Lipinski definition) is 2. The zero-order chi connectivity index (χ0) is 12.4. The zero-order valence-corrected chi connectivity index (χ0v) is 11.6. The van der Waals surface area contributed by atoms with Crippen molar-refractivity contribution < 1.29 is 0 Å². The Kier molecular flexibility index (Phi) is 3.60. The number of halogens is 2. The minimum absolute atomic E-state index is 0.694. The Morgan fingerprint density at radius 3 is 2.65 bits per heavy atom. The highest BCUT2D eigenvalue weighted by Crippen LogP contribution is 2.31. The first-order valence-electron chi connectivity index (χ1n) is 5.15. The van der Waals surface area contributed by atoms with Gasteiger partial charge >= 0.3 is 0 Å². The lowest BCUT2D eigenvalue weighted by Crippen LogP contribution is -1.98. The summed E-state index contributed by atoms with van der Waals surface area (Å²) in [6, 6.07) is 11.5. The molecule has 0 unspecified atom stereocenters. The molecule has 0 spiro atoms. The highest BCUT2D eigenvalue weighted by molar-refractivity contribution is 9.10. The van der Waals surface area contributed by atoms with Crippen LogP contribution in [0.1, 0.15) is 5.56 Å². The summed E-state index contributed by atoms with van der Waals surface area (Å²) in [6.07, 6.45) is 0. The third-order valence-corrected chi connectivity index (χ3v) is 3.42. The molecule has 4 heteroatoms. The van der Waals surface area contributed by atoms with Crippen LogP contribution in [0, 0.1) is 6.92 Å². The SMILES string of the molecule is Cc1cccc(Nc2ccc(Cl)cc2Br)c1N. The molecule has 0 aliphatic heterocycles. The highest BCUT2D eigenvalue weighted by atomic mass is 79.9. The normalized spacial score (nSPS) is 10.3. The van der Waals surface area contributed by atoms with Gasteiger partial charge in [0.25, 0.3) is 0 Å². The minimum atomic E-state index is 0.694. The maximum absolute atomic E-state index is 6.01. The van der Waals surface area contributed by atoms with E-state index in [1.807, 2.05) is 43.3 Å². The molecule has 0 bridgehead atoms. The average molecular weight is 312 g/mol. The van der Waals surface area contributed by atoms with Crippen LogP contribution in [-0.4, -0.2) is 0 Å². The van der Waals surface area contributed by atoms with Gasteiger partial charge in [0.05, 0.1) is 17.1 Å². The van der Waals surface area contributed by atoms with Crippen LogP contribution in [0.3, 0.4) is 0 Å². The molecule has 2 aromatic rings. The van der Waals surface area contributed by atoms with Crippen LogP contribution >= 0.6 is 27.5 Å². The molecule has 2 rings (SSSR count). The minimum Gasteiger partial charge on any atom is -0.397 e. The number of para-hydroxylation sites is 1. The summed E-state index contributed by atoms with van der Waals surface area (Å²) < 4.78 is 0.908. The molecule has 0 aromatic heterocycles. The molecular weight excluding hydrogens is 300 g/mol. The van der Waals surface area contributed by atoms with Gasteiger partial charge in [-0.05, 0) is 52.7 Å². The summed E-state index contributed by atoms with van der Waals surface area (Å²) in [5, 5.41) is 3.97. The third-order valence-electron chi connectivity index (χ3n) is 2.52. The molecule has 3 N–H and O–H groups in total. The fraction of sp³-hybridized carbons (Fsp3) is 0.0769. The number of nitrogen functional groups attached to an aromatic ring is 1. The van der Waals surface area contributed by atoms with E-state index in [4.69, 9.17) is 17.3 Å². The Bertz CT molecular complexity index is 555. The fourth-order valence-corrected chi connectivity index (χ4v) is 2.31. The van der Waals surface area contributed by atoms with E-state index in [-0.39, 0.29) is 0 Å². The van der Waals surface area contributed by atoms with Crippen LogP contribution < -0.4 is 11.1 Å². The highest BCUT2D eigenvalue weighted by Gasteiger charge is 2.05. The number of nitrogens with two attached hydrogens (primary N) is 1. The van der Waals surface area contributed by atoms with Crippen molar-refractivity contribution in [3.8, 4) is 0 Å². The third kappa shape index (κ3) is 2.73. The predicted molar refractivity (Wildman–Crippen MR) is 78.0 cm³/mol. The lowest BCUT2D eigenvalue weighted by atomic mass is 10.1. The van der Waals surface area contributed by atoms with Crippen molar-refractivity contribution in [3.63, 3.8) is 0 Å². The van der Waals surface area contributed by atoms with Crippen LogP contribution in [0.4, 0.5) is 17.1 Å². The van der Waals surface area contributed by atoms with Gasteiger partial charge in [0.15, 0.2) is 0 Å². The number of rotatable bonds is 2. The van der Waals surface area contributed by atoms with Gasteiger partial charge < -0.3 is 11.1 Å². The zero-order valence-electron chi connectivity index (χ0n) is 9.30. The molecule has 2 nitrogen and oxygen atoms in total. The number of aryl methyl sites for hydroxylation is 1. The van der Waals surface area contributed by atoms with Crippen LogP contribution in [0.15, 0.2) is 40.9 Å². The Morgan fingerprint density at radius 1 is 1.18 bits per heavy atom. The van der Waals surface area contributed by atoms with Crippen molar-refractivity contribution in [2.75, 3.05) is 11.1 Å². The molecule has 0 heterocycles. The van der Waals surface area contributed by atoms with Crippen LogP contribution in [0.2, 0.25) is 5.02 Å². The first-order valence-corrected chi connectivity index (χ1v) is 6.32. The van der Waals surface area contributed by atoms with Crippen LogP contribution in [-0.2, 0) is 0 Å². The largest absolute Gasteiger partial charge is 0.397 e. The van der Waals surface area contributed by atoms with E-state index < -0.39 is 0 Å². The maximum Gasteiger partial charge on any atom is 0.0620 e. The molecule has 0 saturated heterocycles. The molecule has 0 aliphatic rings. The summed E-state index contributed by atoms with van der Waals surface area (Å²) in [4.78, 5) is 0. The predicted octanol–water partition coefficient (Wildman–Crippen LogP) is 4.74. The molecule has 88 valence electrons. The summed E-state index contributed by atoms with van der Waals surface area (Å²) in [6.45, 7) is 1.98. The number of benzene rings is 2. The lowest BCUT2D eigenvalue weighted by Gasteiger charge is -2.12. The van der Waals surface area contributed by atoms with E-state index in [2.05, 4.69) is 21.2 Å². The van der Waals surface area contributed by atoms with Gasteiger partial charge in [-0.2, -0.15) is 0 Å². The molecule has 0 radical (unpaired) electrons. The second kappa shape index (κ2) is 4.98. The second-order valence-corrected chi connectivity index (χ2v) is 5.08. The van der Waals surface area contributed by atoms with E-state index >= 15 is 0 Å². The maximum atomic E-state index is 6.01. The number of nitrogens with one attached hydrogen (secondary N) is 1. The van der Waals surface area contributed by atoms with Crippen molar-refractivity contribution >= 4 is 44.6 Å². The van der Waals surface area contributed by atoms with Gasteiger partial charge in [-0.1, -0.05) is 23.7 Å². The van der Waals surface area contributed by atoms with Crippen molar-refractivity contribution in [1.29, 1.82) is 0 Å². The van der Waals surface area contributed by atoms with Crippen molar-refractivity contribution in [3.05, 3.63) is 51.5 Å². The molecule has 17 heavy (non-hydrogen) atoms. The summed E-state index contributed by atoms with van der Waals surface area (Å²) >= 11 is 9.35. The first-order chi connectivity index (χ1) is 8.08. The molecule has 0 aliphatic carbocycles. The summed E-state index contributed by atoms with van der Waals surface area (Å²) in [7, 11) is 0. The fourth-order valence-electron chi connectivity index (χ4n) is 1.53. The van der Waals surface area contributed by atoms with Crippen LogP contribution in [0.25, 0.3) is 0 Å². The van der Waals surface area contributed by atoms with Gasteiger partial charge in [0, 0.05) is 9.50 Å². The van der Waals surface area contributed by atoms with Gasteiger partial charge in [-0.25, -0.2) is 0 Å². The van der Waals surface area contributed by atoms with Crippen molar-refractivity contribution in [2.24, 2.45) is 0 Å². The lowest BCUT2D eigenvalue weighted by molar-refractivity contribution is 1.44. The smallest absolute Gasteiger partial charge is 0.0620 e. The molecular formula is C13H12BrClN2. The van der Waals surface area contributed by atoms with E-state index in [0.29, 0.717) is 5.02 Å². The van der Waals surface area contributed by atoms with Gasteiger partial charge in [-0.15, -0.1) is 0 Å². The topological polar surface area (TPSA) is 38.0 Å². The van der Waals surface area contributed by atoms with E-state index in [1.165, 1.54) is 0 Å². The quantitative estimate of drug-likeness (QED) is 0.786. The average Bonchev–Trinajstić information content (AvgIpc) is 2.28. The van der Waals surface area contributed by atoms with Crippen LogP contribution in [0.5, 0.6) is 0 Å². The Balaban J connectivity index is 2.35. The number of anilines is 3. The van der Waals surface area contributed by atoms with E-state index in [9.17, 15) is 0 Å². The molecule has 0 amide bonds. The summed E-state index contributed by atoms with van der Waals surface area (Å²) in [5.41, 5.74) is 9.65. The van der Waals surface area contributed by atoms with E-state index in [1.54, 1.807) is 0 Å². The molecule has 0 saturated carbocycles. The molecule has 2 aromatic carbocycles. The Morgan fingerprint density at radius 2 is 1.94 bits per heavy atom. The summed E-state index contributed by atoms with van der Waals surface area (Å²) in [5.74, 6) is 0. The van der Waals surface area contributed by atoms with Gasteiger partial charge in [-0.3, -0.25) is 0 Å². The van der Waals surface area contributed by atoms with Crippen molar-refractivity contribution in [1.82, 2.24) is 0 Å². The first kappa shape index (κ1) is 12.3. The van der Waals surface area contributed by atoms with Gasteiger partial charge in [0.1, 0.15) is 0 Å². The second-order valence-electron chi connectivity index (χ2n) is 3.79. The molecule has 0 fully saturated rings. The standard InChI is InChI=1S/C13H12BrClN2/c1-8-3-2-4-12(13(8)16)17-11-6-5-9(15)7-10(11)14/h2-7,17H,16H2,1H3. The molecule has 0 atom stereocenters. The Hall–Kier alpha value is -1.19. The monoisotopic (exact) mass is 310 g/mol. The van der Waals surface area contributed by atoms with Crippen molar-refractivity contribution in [2.45, 2.75) is 6.92 Å².